The highest BCUT2D eigenvalue weighted by atomic mass is 19.4. The molecule has 0 aromatic carbocycles. The molecule has 0 saturated heterocycles. The molecule has 8 heteroatoms. The van der Waals surface area contributed by atoms with Gasteiger partial charge in [0.05, 0.1) is 24.6 Å². The Morgan fingerprint density at radius 3 is 2.63 bits per heavy atom. The third-order valence-electron chi connectivity index (χ3n) is 2.40. The molecule has 0 aliphatic heterocycles. The first-order valence-electron chi connectivity index (χ1n) is 5.44. The molecule has 0 unspecified atom stereocenters. The lowest BCUT2D eigenvalue weighted by molar-refractivity contribution is -0.119. The lowest BCUT2D eigenvalue weighted by Gasteiger charge is -2.23. The Bertz CT molecular complexity index is 463. The Labute approximate surface area is 108 Å². The van der Waals surface area contributed by atoms with Crippen molar-refractivity contribution in [3.05, 3.63) is 17.8 Å². The number of esters is 1. The van der Waals surface area contributed by atoms with Crippen LogP contribution in [-0.4, -0.2) is 37.3 Å². The number of hydrogen-bond acceptors (Lipinski definition) is 5. The molecule has 106 valence electrons. The van der Waals surface area contributed by atoms with Gasteiger partial charge in [-0.05, 0) is 13.0 Å². The van der Waals surface area contributed by atoms with Gasteiger partial charge in [0.2, 0.25) is 0 Å². The van der Waals surface area contributed by atoms with E-state index >= 15 is 0 Å². The van der Waals surface area contributed by atoms with Crippen LogP contribution in [0.15, 0.2) is 12.3 Å². The number of pyridine rings is 1. The molecule has 0 aliphatic rings. The number of aromatic nitrogens is 1. The standard InChI is InChI=1S/C11H14F3N3O2/c1-3-17(6-11(12,13)14)9-4-7(10(18)19-2)8(15)5-16-9/h4-5H,3,6,15H2,1-2H3. The van der Waals surface area contributed by atoms with Crippen molar-refractivity contribution in [3.8, 4) is 0 Å². The number of nitrogen functional groups attached to an aromatic ring is 1. The van der Waals surface area contributed by atoms with Crippen LogP contribution in [0.2, 0.25) is 0 Å². The molecule has 2 N–H and O–H groups in total. The highest BCUT2D eigenvalue weighted by Crippen LogP contribution is 2.23. The van der Waals surface area contributed by atoms with E-state index in [9.17, 15) is 18.0 Å². The van der Waals surface area contributed by atoms with Gasteiger partial charge in [0.25, 0.3) is 0 Å². The SMILES string of the molecule is CCN(CC(F)(F)F)c1cc(C(=O)OC)c(N)cn1. The number of nitrogens with zero attached hydrogens (tertiary/aromatic N) is 2. The minimum absolute atomic E-state index is 0.00637. The maximum absolute atomic E-state index is 12.4. The number of nitrogens with two attached hydrogens (primary N) is 1. The van der Waals surface area contributed by atoms with Gasteiger partial charge >= 0.3 is 12.1 Å². The van der Waals surface area contributed by atoms with Gasteiger partial charge in [-0.1, -0.05) is 0 Å². The van der Waals surface area contributed by atoms with E-state index in [1.807, 2.05) is 0 Å². The van der Waals surface area contributed by atoms with Crippen molar-refractivity contribution in [2.75, 3.05) is 30.8 Å². The van der Waals surface area contributed by atoms with Gasteiger partial charge in [-0.25, -0.2) is 9.78 Å². The first-order valence-corrected chi connectivity index (χ1v) is 5.44. The highest BCUT2D eigenvalue weighted by Gasteiger charge is 2.31. The zero-order valence-electron chi connectivity index (χ0n) is 10.5. The molecule has 0 atom stereocenters. The monoisotopic (exact) mass is 277 g/mol. The van der Waals surface area contributed by atoms with Crippen LogP contribution in [0.5, 0.6) is 0 Å². The Hall–Kier alpha value is -1.99. The first-order chi connectivity index (χ1) is 8.78. The minimum Gasteiger partial charge on any atom is -0.465 e. The summed E-state index contributed by atoms with van der Waals surface area (Å²) in [6, 6.07) is 1.19. The number of rotatable bonds is 4. The summed E-state index contributed by atoms with van der Waals surface area (Å²) in [4.78, 5) is 16.2. The van der Waals surface area contributed by atoms with E-state index in [4.69, 9.17) is 5.73 Å². The van der Waals surface area contributed by atoms with Gasteiger partial charge in [0, 0.05) is 6.54 Å². The van der Waals surface area contributed by atoms with Crippen molar-refractivity contribution in [2.24, 2.45) is 0 Å². The summed E-state index contributed by atoms with van der Waals surface area (Å²) < 4.78 is 41.7. The lowest BCUT2D eigenvalue weighted by atomic mass is 10.2. The van der Waals surface area contributed by atoms with Gasteiger partial charge in [-0.15, -0.1) is 0 Å². The normalized spacial score (nSPS) is 11.2. The Kier molecular flexibility index (Phi) is 4.57. The summed E-state index contributed by atoms with van der Waals surface area (Å²) in [6.07, 6.45) is -3.22. The zero-order valence-corrected chi connectivity index (χ0v) is 10.5. The second-order valence-corrected chi connectivity index (χ2v) is 3.75. The molecule has 0 aliphatic carbocycles. The van der Waals surface area contributed by atoms with Crippen molar-refractivity contribution in [1.82, 2.24) is 4.98 Å². The van der Waals surface area contributed by atoms with Gasteiger partial charge < -0.3 is 15.4 Å². The second-order valence-electron chi connectivity index (χ2n) is 3.75. The molecular formula is C11H14F3N3O2. The van der Waals surface area contributed by atoms with Crippen molar-refractivity contribution in [3.63, 3.8) is 0 Å². The van der Waals surface area contributed by atoms with E-state index in [1.54, 1.807) is 6.92 Å². The quantitative estimate of drug-likeness (QED) is 0.850. The third-order valence-corrected chi connectivity index (χ3v) is 2.40. The van der Waals surface area contributed by atoms with E-state index in [0.29, 0.717) is 0 Å². The number of carbonyl (C=O) groups is 1. The molecule has 0 bridgehead atoms. The number of hydrogen-bond donors (Lipinski definition) is 1. The number of halogens is 3. The van der Waals surface area contributed by atoms with Gasteiger partial charge in [0.1, 0.15) is 12.4 Å². The topological polar surface area (TPSA) is 68.5 Å². The van der Waals surface area contributed by atoms with E-state index < -0.39 is 18.7 Å². The summed E-state index contributed by atoms with van der Waals surface area (Å²) >= 11 is 0. The number of ether oxygens (including phenoxy) is 1. The molecule has 0 radical (unpaired) electrons. The fourth-order valence-corrected chi connectivity index (χ4v) is 1.49. The van der Waals surface area contributed by atoms with Crippen LogP contribution in [-0.2, 0) is 4.74 Å². The predicted octanol–water partition coefficient (Wildman–Crippen LogP) is 1.84. The second kappa shape index (κ2) is 5.77. The number of alkyl halides is 3. The Morgan fingerprint density at radius 2 is 2.16 bits per heavy atom. The van der Waals surface area contributed by atoms with Crippen LogP contribution in [0.1, 0.15) is 17.3 Å². The molecule has 1 aromatic heterocycles. The molecule has 5 nitrogen and oxygen atoms in total. The van der Waals surface area contributed by atoms with E-state index in [2.05, 4.69) is 9.72 Å². The van der Waals surface area contributed by atoms with Crippen molar-refractivity contribution >= 4 is 17.5 Å². The molecule has 0 amide bonds. The van der Waals surface area contributed by atoms with E-state index in [1.165, 1.54) is 6.07 Å². The fourth-order valence-electron chi connectivity index (χ4n) is 1.49. The van der Waals surface area contributed by atoms with Crippen LogP contribution in [0.4, 0.5) is 24.7 Å². The Morgan fingerprint density at radius 1 is 1.53 bits per heavy atom. The maximum Gasteiger partial charge on any atom is 0.405 e. The highest BCUT2D eigenvalue weighted by molar-refractivity contribution is 5.95. The van der Waals surface area contributed by atoms with Gasteiger partial charge in [-0.2, -0.15) is 13.2 Å². The summed E-state index contributed by atoms with van der Waals surface area (Å²) in [5.74, 6) is -0.696. The van der Waals surface area contributed by atoms with Crippen LogP contribution >= 0.6 is 0 Å². The number of carbonyl (C=O) groups excluding carboxylic acids is 1. The first kappa shape index (κ1) is 15.1. The molecule has 0 spiro atoms. The number of anilines is 2. The number of methoxy groups -OCH3 is 1. The van der Waals surface area contributed by atoms with E-state index in [-0.39, 0.29) is 23.6 Å². The van der Waals surface area contributed by atoms with Crippen molar-refractivity contribution in [2.45, 2.75) is 13.1 Å². The molecule has 1 rings (SSSR count). The Balaban J connectivity index is 3.09. The molecule has 0 saturated carbocycles. The third kappa shape index (κ3) is 4.01. The fraction of sp³-hybridized carbons (Fsp3) is 0.455. The molecule has 19 heavy (non-hydrogen) atoms. The maximum atomic E-state index is 12.4. The molecule has 1 heterocycles. The van der Waals surface area contributed by atoms with Gasteiger partial charge in [-0.3, -0.25) is 0 Å². The summed E-state index contributed by atoms with van der Waals surface area (Å²) in [5, 5.41) is 0. The largest absolute Gasteiger partial charge is 0.465 e. The molecular weight excluding hydrogens is 263 g/mol. The van der Waals surface area contributed by atoms with Crippen molar-refractivity contribution in [1.29, 1.82) is 0 Å². The zero-order chi connectivity index (χ0) is 14.6. The summed E-state index contributed by atoms with van der Waals surface area (Å²) in [6.45, 7) is 0.500. The predicted molar refractivity (Wildman–Crippen MR) is 63.9 cm³/mol. The van der Waals surface area contributed by atoms with Crippen LogP contribution in [0.25, 0.3) is 0 Å². The van der Waals surface area contributed by atoms with E-state index in [0.717, 1.165) is 18.2 Å². The molecule has 1 aromatic rings. The smallest absolute Gasteiger partial charge is 0.405 e. The molecule has 0 fully saturated rings. The van der Waals surface area contributed by atoms with Crippen LogP contribution < -0.4 is 10.6 Å². The average Bonchev–Trinajstić information content (AvgIpc) is 2.34. The van der Waals surface area contributed by atoms with Crippen LogP contribution in [0.3, 0.4) is 0 Å². The van der Waals surface area contributed by atoms with Crippen molar-refractivity contribution < 1.29 is 22.7 Å². The van der Waals surface area contributed by atoms with Gasteiger partial charge in [0.15, 0.2) is 0 Å². The lowest BCUT2D eigenvalue weighted by Crippen LogP contribution is -2.34. The van der Waals surface area contributed by atoms with Crippen LogP contribution in [0, 0.1) is 0 Å². The minimum atomic E-state index is -4.36. The average molecular weight is 277 g/mol. The summed E-state index contributed by atoms with van der Waals surface area (Å²) in [5.41, 5.74) is 5.58. The summed E-state index contributed by atoms with van der Waals surface area (Å²) in [7, 11) is 1.16.